The Kier molecular flexibility index (Phi) is 63.9. The summed E-state index contributed by atoms with van der Waals surface area (Å²) in [5.74, 6) is 0. The van der Waals surface area contributed by atoms with Gasteiger partial charge in [0.25, 0.3) is 0 Å². The molecule has 0 fully saturated rings. The zero-order valence-corrected chi connectivity index (χ0v) is 51.4. The number of hydrogen-bond acceptors (Lipinski definition) is 0. The number of rotatable bonds is 17. The fourth-order valence-electron chi connectivity index (χ4n) is 0.613. The van der Waals surface area contributed by atoms with Crippen LogP contribution in [0.5, 0.6) is 0 Å². The molecule has 0 N–H and O–H groups in total. The van der Waals surface area contributed by atoms with E-state index in [0.717, 1.165) is 0 Å². The van der Waals surface area contributed by atoms with Crippen LogP contribution in [0.1, 0.15) is 0 Å². The van der Waals surface area contributed by atoms with Gasteiger partial charge >= 0.3 is 106 Å². The van der Waals surface area contributed by atoms with Crippen molar-refractivity contribution in [3.63, 3.8) is 0 Å². The van der Waals surface area contributed by atoms with Crippen LogP contribution in [0.2, 0.25) is 0 Å². The second-order valence-corrected chi connectivity index (χ2v) is 87.6. The van der Waals surface area contributed by atoms with Crippen LogP contribution in [0.15, 0.2) is 0 Å². The number of hydrogen-bond donors (Lipinski definition) is 0. The van der Waals surface area contributed by atoms with Crippen LogP contribution in [0.25, 0.3) is 0 Å². The van der Waals surface area contributed by atoms with Gasteiger partial charge in [0.1, 0.15) is 0 Å². The average molecular weight is 1180 g/mol. The van der Waals surface area contributed by atoms with Crippen molar-refractivity contribution in [2.45, 2.75) is 0 Å². The first-order chi connectivity index (χ1) is 18.9. The summed E-state index contributed by atoms with van der Waals surface area (Å²) >= 11 is 0. The van der Waals surface area contributed by atoms with E-state index in [0.29, 0.717) is 0 Å². The van der Waals surface area contributed by atoms with Gasteiger partial charge in [0.2, 0.25) is 0 Å². The Bertz CT molecular complexity index is 1190. The van der Waals surface area contributed by atoms with Crippen molar-refractivity contribution in [1.29, 1.82) is 0 Å². The molecule has 0 bridgehead atoms. The van der Waals surface area contributed by atoms with E-state index in [1.54, 1.807) is 234 Å². The Balaban J connectivity index is 4.02. The van der Waals surface area contributed by atoms with E-state index in [9.17, 15) is 0 Å². The van der Waals surface area contributed by atoms with E-state index in [-0.39, 0.29) is 0 Å². The first kappa shape index (κ1) is 49.8. The molecule has 0 aliphatic rings. The topological polar surface area (TPSA) is 0 Å². The van der Waals surface area contributed by atoms with Gasteiger partial charge in [-0.1, -0.05) is 8.93 Å². The summed E-state index contributed by atoms with van der Waals surface area (Å²) in [6.45, 7) is 1.21. The van der Waals surface area contributed by atoms with Gasteiger partial charge < -0.3 is 0 Å². The molecule has 0 nitrogen and oxygen atoms in total. The molecule has 0 amide bonds. The van der Waals surface area contributed by atoms with Crippen LogP contribution >= 0.6 is 289 Å². The molecule has 192 valence electrons. The van der Waals surface area contributed by atoms with Crippen LogP contribution in [0, 0.1) is 0 Å². The molecule has 0 saturated heterocycles. The molecular formula is H2P38. The summed E-state index contributed by atoms with van der Waals surface area (Å²) in [6, 6.07) is 0. The average Bonchev–Trinajstić information content (AvgIpc) is 2.93. The molecule has 0 saturated carbocycles. The Labute approximate surface area is 284 Å². The van der Waals surface area contributed by atoms with Crippen molar-refractivity contribution < 1.29 is 0 Å². The molecule has 1 unspecified atom stereocenters. The minimum Gasteiger partial charge on any atom is -0.0774 e. The van der Waals surface area contributed by atoms with Crippen molar-refractivity contribution in [3.05, 3.63) is 0 Å². The molecule has 0 aromatic carbocycles. The Morgan fingerprint density at radius 1 is 0.211 bits per heavy atom. The van der Waals surface area contributed by atoms with E-state index >= 15 is 0 Å². The van der Waals surface area contributed by atoms with Gasteiger partial charge in [-0.15, -0.1) is 0 Å². The van der Waals surface area contributed by atoms with E-state index < -0.39 is 0 Å². The zero-order chi connectivity index (χ0) is 27.5. The van der Waals surface area contributed by atoms with Crippen LogP contribution < -0.4 is 0 Å². The standard InChI is InChI=1S/H2P38/c1-3-5-7-9-11-13-15-17-19-21-23-25-27-29-31-33-35-37-38-36-34-32-30-28-26-24-22-20-18-16-14-12-10-8-6-4-2/h1H2. The molecule has 0 rings (SSSR count). The summed E-state index contributed by atoms with van der Waals surface area (Å²) in [4.78, 5) is 0. The van der Waals surface area contributed by atoms with E-state index in [4.69, 9.17) is 0 Å². The first-order valence-corrected chi connectivity index (χ1v) is 67.1. The van der Waals surface area contributed by atoms with Crippen LogP contribution in [0.3, 0.4) is 0 Å². The van der Waals surface area contributed by atoms with Gasteiger partial charge in [-0.25, -0.2) is 0 Å². The summed E-state index contributed by atoms with van der Waals surface area (Å²) < 4.78 is 0. The Morgan fingerprint density at radius 3 is 0.474 bits per heavy atom. The molecule has 38 heavy (non-hydrogen) atoms. The van der Waals surface area contributed by atoms with Crippen molar-refractivity contribution >= 4 is 289 Å². The maximum atomic E-state index is 4.22. The third kappa shape index (κ3) is 47.8. The molecule has 0 aliphatic carbocycles. The fraction of sp³-hybridized carbons (Fsp3) is 0. The Hall–Kier alpha value is 11.8. The van der Waals surface area contributed by atoms with Gasteiger partial charge in [0.05, 0.1) is 0 Å². The van der Waals surface area contributed by atoms with Crippen LogP contribution in [0.4, 0.5) is 0 Å². The molecule has 0 aromatic rings. The maximum absolute atomic E-state index is 4.22. The molecule has 0 aromatic heterocycles. The van der Waals surface area contributed by atoms with Crippen LogP contribution in [-0.2, 0) is 0 Å². The molecule has 38 heteroatoms. The quantitative estimate of drug-likeness (QED) is 0.127. The van der Waals surface area contributed by atoms with Crippen molar-refractivity contribution in [2.75, 3.05) is 0 Å². The predicted octanol–water partition coefficient (Wildman–Crippen LogP) is 32.2. The van der Waals surface area contributed by atoms with E-state index in [1.807, 2.05) is 0 Å². The normalized spacial score (nSPS) is 15.1. The molecule has 0 spiro atoms. The second-order valence-electron chi connectivity index (χ2n) is 3.25. The van der Waals surface area contributed by atoms with Crippen molar-refractivity contribution in [2.24, 2.45) is 0 Å². The smallest absolute Gasteiger partial charge is 0.0774 e. The Morgan fingerprint density at radius 2 is 0.342 bits per heavy atom. The predicted molar refractivity (Wildman–Crippen MR) is 266 cm³/mol. The van der Waals surface area contributed by atoms with Crippen LogP contribution in [-0.4, -0.2) is 0 Å². The fourth-order valence-corrected chi connectivity index (χ4v) is 149. The van der Waals surface area contributed by atoms with E-state index in [2.05, 4.69) is 17.3 Å². The summed E-state index contributed by atoms with van der Waals surface area (Å²) in [6.07, 6.45) is 0. The zero-order valence-electron chi connectivity index (χ0n) is 17.1. The summed E-state index contributed by atoms with van der Waals surface area (Å²) in [5.41, 5.74) is 0. The van der Waals surface area contributed by atoms with Crippen molar-refractivity contribution in [1.82, 2.24) is 0 Å². The summed E-state index contributed by atoms with van der Waals surface area (Å²) in [5, 5.41) is 0. The van der Waals surface area contributed by atoms with Crippen molar-refractivity contribution in [3.8, 4) is 0 Å². The monoisotopic (exact) mass is 1180 g/mol. The van der Waals surface area contributed by atoms with E-state index in [1.165, 1.54) is 37.2 Å². The molecular weight excluding hydrogens is 1180 g/mol. The molecule has 0 heterocycles. The third-order valence-corrected chi connectivity index (χ3v) is 114. The minimum atomic E-state index is 1.21. The first-order valence-electron chi connectivity index (χ1n) is 7.46. The van der Waals surface area contributed by atoms with Gasteiger partial charge in [-0.3, -0.25) is 0 Å². The minimum absolute atomic E-state index is 1.21. The third-order valence-electron chi connectivity index (χ3n) is 1.41. The SMILES string of the molecule is P#P=P\P=P/P=P\P=P/P=P\P=P/P=P\P=P/P=P\P=P/P=P\P=P/P=P\P=P/P=P\P=P/P=P\P=P/P. The molecule has 0 radical (unpaired) electrons. The van der Waals surface area contributed by atoms with Gasteiger partial charge in [-0.2, -0.15) is 0 Å². The summed E-state index contributed by atoms with van der Waals surface area (Å²) in [7, 11) is 62.3. The van der Waals surface area contributed by atoms with Gasteiger partial charge in [0, 0.05) is 106 Å². The van der Waals surface area contributed by atoms with Gasteiger partial charge in [0.15, 0.2) is 0 Å². The molecule has 1 atom stereocenters. The second kappa shape index (κ2) is 48.8. The van der Waals surface area contributed by atoms with Gasteiger partial charge in [-0.05, 0) is 68.0 Å². The molecule has 0 aliphatic heterocycles.